The van der Waals surface area contributed by atoms with Crippen LogP contribution in [0.1, 0.15) is 58.8 Å². The average Bonchev–Trinajstić information content (AvgIpc) is 2.02. The topological polar surface area (TPSA) is 40.5 Å². The van der Waals surface area contributed by atoms with Gasteiger partial charge in [0.05, 0.1) is 12.2 Å². The lowest BCUT2D eigenvalue weighted by Gasteiger charge is -2.40. The molecular formula is C12H24O2. The first-order valence-electron chi connectivity index (χ1n) is 5.96. The fraction of sp³-hybridized carbons (Fsp3) is 1.00. The van der Waals surface area contributed by atoms with Gasteiger partial charge >= 0.3 is 0 Å². The highest BCUT2D eigenvalue weighted by molar-refractivity contribution is 4.89. The van der Waals surface area contributed by atoms with Crippen LogP contribution >= 0.6 is 0 Å². The van der Waals surface area contributed by atoms with Crippen molar-refractivity contribution in [1.29, 1.82) is 0 Å². The Hall–Kier alpha value is -0.0800. The van der Waals surface area contributed by atoms with Crippen molar-refractivity contribution in [3.63, 3.8) is 0 Å². The van der Waals surface area contributed by atoms with Crippen LogP contribution in [0.15, 0.2) is 0 Å². The standard InChI is InChI=1S/C12H24O2/c1-10(13)12(11(2)14)8-6-4-3-5-7-9-12/h10-11,13-14H,3-9H2,1-2H3. The molecule has 0 saturated heterocycles. The summed E-state index contributed by atoms with van der Waals surface area (Å²) in [6, 6.07) is 0. The molecule has 0 aromatic rings. The Morgan fingerprint density at radius 2 is 1.14 bits per heavy atom. The first-order valence-corrected chi connectivity index (χ1v) is 5.96. The Morgan fingerprint density at radius 3 is 1.50 bits per heavy atom. The minimum Gasteiger partial charge on any atom is -0.393 e. The lowest BCUT2D eigenvalue weighted by atomic mass is 9.69. The van der Waals surface area contributed by atoms with Gasteiger partial charge < -0.3 is 10.2 Å². The van der Waals surface area contributed by atoms with E-state index in [1.807, 2.05) is 13.8 Å². The molecule has 0 aromatic carbocycles. The molecule has 1 saturated carbocycles. The normalized spacial score (nSPS) is 27.4. The third kappa shape index (κ3) is 2.48. The van der Waals surface area contributed by atoms with E-state index in [2.05, 4.69) is 0 Å². The van der Waals surface area contributed by atoms with Gasteiger partial charge in [-0.3, -0.25) is 0 Å². The lowest BCUT2D eigenvalue weighted by molar-refractivity contribution is -0.0700. The summed E-state index contributed by atoms with van der Waals surface area (Å²) in [6.45, 7) is 3.66. The molecule has 1 rings (SSSR count). The van der Waals surface area contributed by atoms with Crippen molar-refractivity contribution in [2.75, 3.05) is 0 Å². The van der Waals surface area contributed by atoms with E-state index in [9.17, 15) is 10.2 Å². The zero-order chi connectivity index (χ0) is 10.6. The van der Waals surface area contributed by atoms with E-state index in [0.717, 1.165) is 25.7 Å². The van der Waals surface area contributed by atoms with Crippen LogP contribution in [0.3, 0.4) is 0 Å². The van der Waals surface area contributed by atoms with Crippen LogP contribution in [-0.2, 0) is 0 Å². The minimum atomic E-state index is -0.388. The highest BCUT2D eigenvalue weighted by Gasteiger charge is 2.39. The molecule has 0 spiro atoms. The summed E-state index contributed by atoms with van der Waals surface area (Å²) in [5.74, 6) is 0. The average molecular weight is 200 g/mol. The maximum atomic E-state index is 9.85. The second-order valence-corrected chi connectivity index (χ2v) is 4.85. The van der Waals surface area contributed by atoms with Crippen molar-refractivity contribution in [3.05, 3.63) is 0 Å². The number of hydrogen-bond acceptors (Lipinski definition) is 2. The van der Waals surface area contributed by atoms with Crippen molar-refractivity contribution < 1.29 is 10.2 Å². The van der Waals surface area contributed by atoms with Gasteiger partial charge in [0.15, 0.2) is 0 Å². The summed E-state index contributed by atoms with van der Waals surface area (Å²) < 4.78 is 0. The van der Waals surface area contributed by atoms with Gasteiger partial charge in [-0.2, -0.15) is 0 Å². The van der Waals surface area contributed by atoms with E-state index >= 15 is 0 Å². The number of aliphatic hydroxyl groups excluding tert-OH is 2. The molecule has 0 bridgehead atoms. The lowest BCUT2D eigenvalue weighted by Crippen LogP contribution is -2.43. The second kappa shape index (κ2) is 5.13. The van der Waals surface area contributed by atoms with E-state index < -0.39 is 0 Å². The molecule has 2 unspecified atom stereocenters. The van der Waals surface area contributed by atoms with Gasteiger partial charge in [0.2, 0.25) is 0 Å². The smallest absolute Gasteiger partial charge is 0.0592 e. The van der Waals surface area contributed by atoms with Gasteiger partial charge in [-0.1, -0.05) is 32.1 Å². The van der Waals surface area contributed by atoms with Gasteiger partial charge in [-0.25, -0.2) is 0 Å². The molecule has 1 fully saturated rings. The van der Waals surface area contributed by atoms with E-state index in [-0.39, 0.29) is 17.6 Å². The molecule has 0 amide bonds. The molecule has 0 heterocycles. The van der Waals surface area contributed by atoms with Crippen LogP contribution < -0.4 is 0 Å². The third-order valence-corrected chi connectivity index (χ3v) is 3.95. The Balaban J connectivity index is 2.71. The maximum absolute atomic E-state index is 9.85. The Bertz CT molecular complexity index is 146. The first kappa shape index (κ1) is 12.0. The van der Waals surface area contributed by atoms with Gasteiger partial charge in [0, 0.05) is 5.41 Å². The molecule has 84 valence electrons. The summed E-state index contributed by atoms with van der Waals surface area (Å²) in [7, 11) is 0. The molecule has 14 heavy (non-hydrogen) atoms. The SMILES string of the molecule is CC(O)C1(C(C)O)CCCCCCC1. The summed E-state index contributed by atoms with van der Waals surface area (Å²) in [5.41, 5.74) is -0.236. The third-order valence-electron chi connectivity index (χ3n) is 3.95. The zero-order valence-corrected chi connectivity index (χ0v) is 9.50. The first-order chi connectivity index (χ1) is 6.59. The van der Waals surface area contributed by atoms with Crippen LogP contribution in [0.2, 0.25) is 0 Å². The van der Waals surface area contributed by atoms with Gasteiger partial charge in [-0.15, -0.1) is 0 Å². The molecule has 0 radical (unpaired) electrons. The van der Waals surface area contributed by atoms with Crippen LogP contribution in [0.4, 0.5) is 0 Å². The van der Waals surface area contributed by atoms with Crippen LogP contribution in [-0.4, -0.2) is 22.4 Å². The van der Waals surface area contributed by atoms with Crippen LogP contribution in [0.25, 0.3) is 0 Å². The van der Waals surface area contributed by atoms with Gasteiger partial charge in [0.25, 0.3) is 0 Å². The van der Waals surface area contributed by atoms with Crippen molar-refractivity contribution in [1.82, 2.24) is 0 Å². The summed E-state index contributed by atoms with van der Waals surface area (Å²) in [5, 5.41) is 19.7. The number of aliphatic hydroxyl groups is 2. The van der Waals surface area contributed by atoms with Crippen LogP contribution in [0.5, 0.6) is 0 Å². The molecule has 0 aliphatic heterocycles. The second-order valence-electron chi connectivity index (χ2n) is 4.85. The quantitative estimate of drug-likeness (QED) is 0.719. The summed E-state index contributed by atoms with van der Waals surface area (Å²) >= 11 is 0. The van der Waals surface area contributed by atoms with Crippen molar-refractivity contribution >= 4 is 0 Å². The Kier molecular flexibility index (Phi) is 4.39. The molecule has 1 aliphatic rings. The van der Waals surface area contributed by atoms with Crippen LogP contribution in [0, 0.1) is 5.41 Å². The predicted octanol–water partition coefficient (Wildman–Crippen LogP) is 2.48. The maximum Gasteiger partial charge on any atom is 0.0592 e. The number of hydrogen-bond donors (Lipinski definition) is 2. The van der Waals surface area contributed by atoms with E-state index in [1.54, 1.807) is 0 Å². The van der Waals surface area contributed by atoms with Crippen molar-refractivity contribution in [2.24, 2.45) is 5.41 Å². The molecule has 2 heteroatoms. The molecular weight excluding hydrogens is 176 g/mol. The Labute approximate surface area is 87.3 Å². The number of rotatable bonds is 2. The highest BCUT2D eigenvalue weighted by atomic mass is 16.3. The fourth-order valence-corrected chi connectivity index (χ4v) is 2.75. The van der Waals surface area contributed by atoms with Gasteiger partial charge in [0.1, 0.15) is 0 Å². The molecule has 1 aliphatic carbocycles. The largest absolute Gasteiger partial charge is 0.393 e. The van der Waals surface area contributed by atoms with E-state index in [0.29, 0.717) is 0 Å². The monoisotopic (exact) mass is 200 g/mol. The molecule has 0 aromatic heterocycles. The Morgan fingerprint density at radius 1 is 0.786 bits per heavy atom. The summed E-state index contributed by atoms with van der Waals surface area (Å²) in [6.07, 6.45) is 7.29. The predicted molar refractivity (Wildman–Crippen MR) is 58.1 cm³/mol. The summed E-state index contributed by atoms with van der Waals surface area (Å²) in [4.78, 5) is 0. The van der Waals surface area contributed by atoms with Gasteiger partial charge in [-0.05, 0) is 26.7 Å². The van der Waals surface area contributed by atoms with E-state index in [4.69, 9.17) is 0 Å². The molecule has 2 nitrogen and oxygen atoms in total. The van der Waals surface area contributed by atoms with Crippen molar-refractivity contribution in [3.8, 4) is 0 Å². The molecule has 2 atom stereocenters. The zero-order valence-electron chi connectivity index (χ0n) is 9.50. The molecule has 2 N–H and O–H groups in total. The highest BCUT2D eigenvalue weighted by Crippen LogP contribution is 2.40. The fourth-order valence-electron chi connectivity index (χ4n) is 2.75. The minimum absolute atomic E-state index is 0.236. The van der Waals surface area contributed by atoms with Crippen molar-refractivity contribution in [2.45, 2.75) is 71.0 Å². The van der Waals surface area contributed by atoms with E-state index in [1.165, 1.54) is 19.3 Å².